The highest BCUT2D eigenvalue weighted by Gasteiger charge is 2.21. The zero-order valence-electron chi connectivity index (χ0n) is 14.8. The Morgan fingerprint density at radius 2 is 1.92 bits per heavy atom. The largest absolute Gasteiger partial charge is 0.396 e. The molecule has 2 rings (SSSR count). The topological polar surface area (TPSA) is 79.2 Å². The molecule has 0 radical (unpaired) electrons. The lowest BCUT2D eigenvalue weighted by Gasteiger charge is -2.14. The molecule has 0 bridgehead atoms. The minimum Gasteiger partial charge on any atom is -0.396 e. The average molecular weight is 330 g/mol. The lowest BCUT2D eigenvalue weighted by Crippen LogP contribution is -2.30. The van der Waals surface area contributed by atoms with Gasteiger partial charge in [-0.3, -0.25) is 5.32 Å². The van der Waals surface area contributed by atoms with Crippen molar-refractivity contribution in [1.29, 1.82) is 0 Å². The van der Waals surface area contributed by atoms with Gasteiger partial charge in [0.15, 0.2) is 0 Å². The van der Waals surface area contributed by atoms with Crippen LogP contribution in [0.15, 0.2) is 30.3 Å². The highest BCUT2D eigenvalue weighted by atomic mass is 16.3. The number of carbonyl (C=O) groups excluding carboxylic acids is 1. The molecule has 0 fully saturated rings. The van der Waals surface area contributed by atoms with Gasteiger partial charge in [-0.25, -0.2) is 9.48 Å². The van der Waals surface area contributed by atoms with E-state index >= 15 is 0 Å². The van der Waals surface area contributed by atoms with Crippen molar-refractivity contribution < 1.29 is 9.90 Å². The Bertz CT molecular complexity index is 684. The smallest absolute Gasteiger partial charge is 0.320 e. The molecular weight excluding hydrogens is 304 g/mol. The summed E-state index contributed by atoms with van der Waals surface area (Å²) in [5.41, 5.74) is 2.83. The van der Waals surface area contributed by atoms with Crippen molar-refractivity contribution in [3.63, 3.8) is 0 Å². The molecule has 3 N–H and O–H groups in total. The van der Waals surface area contributed by atoms with Gasteiger partial charge in [0.1, 0.15) is 5.82 Å². The van der Waals surface area contributed by atoms with Crippen LogP contribution in [-0.4, -0.2) is 34.1 Å². The van der Waals surface area contributed by atoms with E-state index in [9.17, 15) is 4.79 Å². The van der Waals surface area contributed by atoms with E-state index in [1.807, 2.05) is 37.3 Å². The fourth-order valence-corrected chi connectivity index (χ4v) is 2.16. The quantitative estimate of drug-likeness (QED) is 0.737. The van der Waals surface area contributed by atoms with Crippen molar-refractivity contribution in [1.82, 2.24) is 15.1 Å². The minimum absolute atomic E-state index is 0.0513. The van der Waals surface area contributed by atoms with Crippen LogP contribution in [0.5, 0.6) is 0 Å². The molecule has 2 aromatic rings. The number of carbonyl (C=O) groups is 1. The summed E-state index contributed by atoms with van der Waals surface area (Å²) in [6.45, 7) is 8.75. The fraction of sp³-hybridized carbons (Fsp3) is 0.444. The number of hydrogen-bond acceptors (Lipinski definition) is 3. The molecule has 0 aliphatic carbocycles. The first kappa shape index (κ1) is 18.0. The Kier molecular flexibility index (Phi) is 5.62. The second kappa shape index (κ2) is 7.49. The highest BCUT2D eigenvalue weighted by Crippen LogP contribution is 2.26. The zero-order chi connectivity index (χ0) is 17.7. The molecule has 1 aromatic carbocycles. The molecule has 0 unspecified atom stereocenters. The molecule has 1 heterocycles. The predicted octanol–water partition coefficient (Wildman–Crippen LogP) is 2.98. The van der Waals surface area contributed by atoms with Crippen LogP contribution < -0.4 is 10.6 Å². The van der Waals surface area contributed by atoms with E-state index in [1.165, 1.54) is 5.56 Å². The van der Waals surface area contributed by atoms with Crippen molar-refractivity contribution in [2.24, 2.45) is 0 Å². The maximum atomic E-state index is 12.0. The Labute approximate surface area is 142 Å². The number of urea groups is 1. The van der Waals surface area contributed by atoms with E-state index in [4.69, 9.17) is 5.11 Å². The maximum absolute atomic E-state index is 12.0. The molecule has 0 saturated heterocycles. The number of rotatable bonds is 5. The van der Waals surface area contributed by atoms with Gasteiger partial charge in [-0.15, -0.1) is 0 Å². The number of amides is 2. The van der Waals surface area contributed by atoms with Gasteiger partial charge in [0.2, 0.25) is 0 Å². The summed E-state index contributed by atoms with van der Waals surface area (Å²) in [6, 6.07) is 9.56. The molecule has 0 atom stereocenters. The van der Waals surface area contributed by atoms with Crippen LogP contribution in [0, 0.1) is 6.92 Å². The van der Waals surface area contributed by atoms with Crippen LogP contribution in [0.1, 0.15) is 38.4 Å². The normalized spacial score (nSPS) is 11.4. The van der Waals surface area contributed by atoms with Gasteiger partial charge < -0.3 is 10.4 Å². The first-order valence-electron chi connectivity index (χ1n) is 8.14. The van der Waals surface area contributed by atoms with Crippen LogP contribution in [0.2, 0.25) is 0 Å². The molecular formula is C18H26N4O2. The number of hydrogen-bond donors (Lipinski definition) is 3. The Hall–Kier alpha value is -2.34. The number of aromatic nitrogens is 2. The number of benzene rings is 1. The van der Waals surface area contributed by atoms with Crippen LogP contribution in [0.4, 0.5) is 10.6 Å². The maximum Gasteiger partial charge on any atom is 0.320 e. The van der Waals surface area contributed by atoms with Gasteiger partial charge in [0, 0.05) is 24.6 Å². The van der Waals surface area contributed by atoms with E-state index in [0.717, 1.165) is 11.4 Å². The van der Waals surface area contributed by atoms with E-state index in [0.29, 0.717) is 18.8 Å². The number of nitrogens with one attached hydrogen (secondary N) is 2. The predicted molar refractivity (Wildman–Crippen MR) is 95.7 cm³/mol. The zero-order valence-corrected chi connectivity index (χ0v) is 14.8. The lowest BCUT2D eigenvalue weighted by atomic mass is 9.92. The number of nitrogens with zero attached hydrogens (tertiary/aromatic N) is 2. The molecule has 0 spiro atoms. The summed E-state index contributed by atoms with van der Waals surface area (Å²) < 4.78 is 1.74. The molecule has 6 nitrogen and oxygen atoms in total. The molecule has 0 saturated carbocycles. The van der Waals surface area contributed by atoms with Gasteiger partial charge in [-0.1, -0.05) is 38.5 Å². The van der Waals surface area contributed by atoms with Crippen LogP contribution in [0.25, 0.3) is 5.69 Å². The highest BCUT2D eigenvalue weighted by molar-refractivity contribution is 5.88. The molecule has 130 valence electrons. The SMILES string of the molecule is Cc1ccc(-n2nc(C(C)(C)C)cc2NC(=O)NCCCO)cc1. The molecule has 0 aliphatic rings. The number of aryl methyl sites for hydroxylation is 1. The molecule has 6 heteroatoms. The van der Waals surface area contributed by atoms with Crippen LogP contribution in [0.3, 0.4) is 0 Å². The second-order valence-corrected chi connectivity index (χ2v) is 6.87. The molecule has 2 amide bonds. The third-order valence-corrected chi connectivity index (χ3v) is 3.62. The van der Waals surface area contributed by atoms with Crippen molar-refractivity contribution in [2.45, 2.75) is 39.5 Å². The van der Waals surface area contributed by atoms with Gasteiger partial charge in [0.05, 0.1) is 11.4 Å². The Morgan fingerprint density at radius 3 is 2.50 bits per heavy atom. The van der Waals surface area contributed by atoms with Crippen molar-refractivity contribution in [2.75, 3.05) is 18.5 Å². The number of aliphatic hydroxyl groups excluding tert-OH is 1. The average Bonchev–Trinajstić information content (AvgIpc) is 2.92. The van der Waals surface area contributed by atoms with Gasteiger partial charge in [0.25, 0.3) is 0 Å². The van der Waals surface area contributed by atoms with Gasteiger partial charge in [-0.05, 0) is 25.5 Å². The van der Waals surface area contributed by atoms with E-state index in [-0.39, 0.29) is 18.1 Å². The van der Waals surface area contributed by atoms with Crippen molar-refractivity contribution in [3.8, 4) is 5.69 Å². The Morgan fingerprint density at radius 1 is 1.25 bits per heavy atom. The summed E-state index contributed by atoms with van der Waals surface area (Å²) in [6.07, 6.45) is 0.526. The van der Waals surface area contributed by atoms with Crippen molar-refractivity contribution >= 4 is 11.8 Å². The van der Waals surface area contributed by atoms with Crippen LogP contribution in [-0.2, 0) is 5.41 Å². The van der Waals surface area contributed by atoms with Gasteiger partial charge >= 0.3 is 6.03 Å². The fourth-order valence-electron chi connectivity index (χ4n) is 2.16. The molecule has 1 aromatic heterocycles. The summed E-state index contributed by atoms with van der Waals surface area (Å²) in [7, 11) is 0. The number of aliphatic hydroxyl groups is 1. The van der Waals surface area contributed by atoms with E-state index in [1.54, 1.807) is 4.68 Å². The van der Waals surface area contributed by atoms with Crippen molar-refractivity contribution in [3.05, 3.63) is 41.6 Å². The summed E-state index contributed by atoms with van der Waals surface area (Å²) in [4.78, 5) is 12.0. The first-order valence-corrected chi connectivity index (χ1v) is 8.14. The summed E-state index contributed by atoms with van der Waals surface area (Å²) >= 11 is 0. The summed E-state index contributed by atoms with van der Waals surface area (Å²) in [5.74, 6) is 0.616. The van der Waals surface area contributed by atoms with Crippen LogP contribution >= 0.6 is 0 Å². The monoisotopic (exact) mass is 330 g/mol. The molecule has 0 aliphatic heterocycles. The molecule has 24 heavy (non-hydrogen) atoms. The first-order chi connectivity index (χ1) is 11.3. The number of anilines is 1. The summed E-state index contributed by atoms with van der Waals surface area (Å²) in [5, 5.41) is 19.0. The third kappa shape index (κ3) is 4.58. The van der Waals surface area contributed by atoms with E-state index in [2.05, 4.69) is 36.5 Å². The van der Waals surface area contributed by atoms with E-state index < -0.39 is 0 Å². The Balaban J connectivity index is 2.29. The lowest BCUT2D eigenvalue weighted by molar-refractivity contribution is 0.248. The van der Waals surface area contributed by atoms with Gasteiger partial charge in [-0.2, -0.15) is 5.10 Å². The second-order valence-electron chi connectivity index (χ2n) is 6.87. The standard InChI is InChI=1S/C18H26N4O2/c1-13-6-8-14(9-7-13)22-16(12-15(21-22)18(2,3)4)20-17(24)19-10-5-11-23/h6-9,12,23H,5,10-11H2,1-4H3,(H2,19,20,24). The third-order valence-electron chi connectivity index (χ3n) is 3.62. The minimum atomic E-state index is -0.308.